The summed E-state index contributed by atoms with van der Waals surface area (Å²) in [4.78, 5) is 8.55. The SMILES string of the molecule is CCNc1cncc(NCCCC2CC2)n1. The molecular formula is C12H20N4. The Kier molecular flexibility index (Phi) is 3.97. The fourth-order valence-electron chi connectivity index (χ4n) is 1.73. The van der Waals surface area contributed by atoms with Crippen molar-refractivity contribution < 1.29 is 0 Å². The van der Waals surface area contributed by atoms with Crippen LogP contribution in [-0.4, -0.2) is 23.1 Å². The van der Waals surface area contributed by atoms with Gasteiger partial charge in [-0.15, -0.1) is 0 Å². The van der Waals surface area contributed by atoms with Crippen LogP contribution in [0.1, 0.15) is 32.6 Å². The molecule has 1 heterocycles. The first-order chi connectivity index (χ1) is 7.88. The molecule has 0 radical (unpaired) electrons. The maximum Gasteiger partial charge on any atom is 0.146 e. The van der Waals surface area contributed by atoms with Gasteiger partial charge in [0.05, 0.1) is 12.4 Å². The Morgan fingerprint density at radius 2 is 2.00 bits per heavy atom. The van der Waals surface area contributed by atoms with E-state index < -0.39 is 0 Å². The van der Waals surface area contributed by atoms with Crippen molar-refractivity contribution in [2.24, 2.45) is 5.92 Å². The highest BCUT2D eigenvalue weighted by molar-refractivity contribution is 5.41. The molecule has 16 heavy (non-hydrogen) atoms. The highest BCUT2D eigenvalue weighted by Gasteiger charge is 2.19. The lowest BCUT2D eigenvalue weighted by Crippen LogP contribution is -2.06. The van der Waals surface area contributed by atoms with Gasteiger partial charge in [-0.2, -0.15) is 0 Å². The average Bonchev–Trinajstić information content (AvgIpc) is 3.09. The molecule has 0 unspecified atom stereocenters. The van der Waals surface area contributed by atoms with Gasteiger partial charge in [-0.1, -0.05) is 12.8 Å². The van der Waals surface area contributed by atoms with Gasteiger partial charge in [0.25, 0.3) is 0 Å². The smallest absolute Gasteiger partial charge is 0.146 e. The average molecular weight is 220 g/mol. The Labute approximate surface area is 96.9 Å². The lowest BCUT2D eigenvalue weighted by Gasteiger charge is -2.07. The first-order valence-electron chi connectivity index (χ1n) is 6.18. The van der Waals surface area contributed by atoms with Crippen molar-refractivity contribution in [3.8, 4) is 0 Å². The van der Waals surface area contributed by atoms with E-state index in [1.54, 1.807) is 12.4 Å². The van der Waals surface area contributed by atoms with Crippen LogP contribution in [0.25, 0.3) is 0 Å². The molecule has 2 N–H and O–H groups in total. The van der Waals surface area contributed by atoms with Gasteiger partial charge < -0.3 is 10.6 Å². The lowest BCUT2D eigenvalue weighted by atomic mass is 10.2. The third kappa shape index (κ3) is 3.68. The molecule has 0 amide bonds. The number of hydrogen-bond donors (Lipinski definition) is 2. The topological polar surface area (TPSA) is 49.8 Å². The van der Waals surface area contributed by atoms with Crippen LogP contribution < -0.4 is 10.6 Å². The van der Waals surface area contributed by atoms with Gasteiger partial charge in [0.15, 0.2) is 0 Å². The van der Waals surface area contributed by atoms with Crippen molar-refractivity contribution in [3.63, 3.8) is 0 Å². The minimum absolute atomic E-state index is 0.842. The molecular weight excluding hydrogens is 200 g/mol. The second-order valence-corrected chi connectivity index (χ2v) is 4.33. The van der Waals surface area contributed by atoms with Gasteiger partial charge in [-0.05, 0) is 25.7 Å². The molecule has 0 aromatic carbocycles. The van der Waals surface area contributed by atoms with Crippen molar-refractivity contribution in [1.29, 1.82) is 0 Å². The van der Waals surface area contributed by atoms with Gasteiger partial charge in [0.1, 0.15) is 11.6 Å². The molecule has 88 valence electrons. The van der Waals surface area contributed by atoms with Crippen molar-refractivity contribution >= 4 is 11.6 Å². The molecule has 1 aliphatic rings. The number of hydrogen-bond acceptors (Lipinski definition) is 4. The van der Waals surface area contributed by atoms with E-state index in [-0.39, 0.29) is 0 Å². The summed E-state index contributed by atoms with van der Waals surface area (Å²) < 4.78 is 0. The van der Waals surface area contributed by atoms with Crippen molar-refractivity contribution in [1.82, 2.24) is 9.97 Å². The Bertz CT molecular complexity index is 323. The Hall–Kier alpha value is -1.32. The molecule has 1 aromatic heterocycles. The maximum atomic E-state index is 4.41. The molecule has 1 aliphatic carbocycles. The predicted octanol–water partition coefficient (Wildman–Crippen LogP) is 2.51. The van der Waals surface area contributed by atoms with Crippen LogP contribution in [-0.2, 0) is 0 Å². The fraction of sp³-hybridized carbons (Fsp3) is 0.667. The largest absolute Gasteiger partial charge is 0.369 e. The molecule has 0 spiro atoms. The van der Waals surface area contributed by atoms with E-state index in [1.165, 1.54) is 25.7 Å². The zero-order valence-electron chi connectivity index (χ0n) is 9.87. The highest BCUT2D eigenvalue weighted by Crippen LogP contribution is 2.33. The number of nitrogens with one attached hydrogen (secondary N) is 2. The molecule has 1 saturated carbocycles. The maximum absolute atomic E-state index is 4.41. The zero-order valence-corrected chi connectivity index (χ0v) is 9.87. The predicted molar refractivity (Wildman–Crippen MR) is 66.6 cm³/mol. The summed E-state index contributed by atoms with van der Waals surface area (Å²) in [5.74, 6) is 2.73. The van der Waals surface area contributed by atoms with E-state index in [0.717, 1.165) is 30.6 Å². The molecule has 4 heteroatoms. The first kappa shape index (κ1) is 11.2. The summed E-state index contributed by atoms with van der Waals surface area (Å²) in [5.41, 5.74) is 0. The minimum atomic E-state index is 0.842. The van der Waals surface area contributed by atoms with E-state index in [9.17, 15) is 0 Å². The molecule has 0 atom stereocenters. The van der Waals surface area contributed by atoms with E-state index in [1.807, 2.05) is 0 Å². The van der Waals surface area contributed by atoms with Crippen LogP contribution in [0.5, 0.6) is 0 Å². The molecule has 2 rings (SSSR count). The van der Waals surface area contributed by atoms with Crippen molar-refractivity contribution in [2.75, 3.05) is 23.7 Å². The molecule has 0 bridgehead atoms. The quantitative estimate of drug-likeness (QED) is 0.693. The normalized spacial score (nSPS) is 14.8. The summed E-state index contributed by atoms with van der Waals surface area (Å²) in [5, 5.41) is 6.47. The van der Waals surface area contributed by atoms with Gasteiger partial charge in [-0.3, -0.25) is 4.98 Å². The summed E-state index contributed by atoms with van der Waals surface area (Å²) in [6.45, 7) is 3.93. The van der Waals surface area contributed by atoms with Gasteiger partial charge in [-0.25, -0.2) is 4.98 Å². The van der Waals surface area contributed by atoms with Crippen LogP contribution in [0.15, 0.2) is 12.4 Å². The Balaban J connectivity index is 1.71. The van der Waals surface area contributed by atoms with E-state index >= 15 is 0 Å². The van der Waals surface area contributed by atoms with Gasteiger partial charge in [0.2, 0.25) is 0 Å². The van der Waals surface area contributed by atoms with Gasteiger partial charge >= 0.3 is 0 Å². The number of aromatic nitrogens is 2. The van der Waals surface area contributed by atoms with Crippen molar-refractivity contribution in [2.45, 2.75) is 32.6 Å². The van der Waals surface area contributed by atoms with E-state index in [2.05, 4.69) is 27.5 Å². The third-order valence-electron chi connectivity index (χ3n) is 2.78. The molecule has 1 fully saturated rings. The fourth-order valence-corrected chi connectivity index (χ4v) is 1.73. The van der Waals surface area contributed by atoms with Gasteiger partial charge in [0, 0.05) is 13.1 Å². The van der Waals surface area contributed by atoms with Crippen LogP contribution in [0.3, 0.4) is 0 Å². The molecule has 4 nitrogen and oxygen atoms in total. The number of anilines is 2. The summed E-state index contributed by atoms with van der Waals surface area (Å²) in [7, 11) is 0. The van der Waals surface area contributed by atoms with Crippen LogP contribution in [0, 0.1) is 5.92 Å². The summed E-state index contributed by atoms with van der Waals surface area (Å²) in [6.07, 6.45) is 8.99. The monoisotopic (exact) mass is 220 g/mol. The standard InChI is InChI=1S/C12H20N4/c1-2-14-11-8-13-9-12(16-11)15-7-3-4-10-5-6-10/h8-10H,2-7H2,1H3,(H2,14,15,16). The van der Waals surface area contributed by atoms with Crippen LogP contribution in [0.4, 0.5) is 11.6 Å². The van der Waals surface area contributed by atoms with Crippen LogP contribution in [0.2, 0.25) is 0 Å². The minimum Gasteiger partial charge on any atom is -0.369 e. The van der Waals surface area contributed by atoms with E-state index in [4.69, 9.17) is 0 Å². The Morgan fingerprint density at radius 1 is 1.25 bits per heavy atom. The lowest BCUT2D eigenvalue weighted by molar-refractivity contribution is 0.686. The van der Waals surface area contributed by atoms with Crippen molar-refractivity contribution in [3.05, 3.63) is 12.4 Å². The molecule has 0 aliphatic heterocycles. The first-order valence-corrected chi connectivity index (χ1v) is 6.18. The molecule has 0 saturated heterocycles. The second-order valence-electron chi connectivity index (χ2n) is 4.33. The zero-order chi connectivity index (χ0) is 11.2. The number of rotatable bonds is 7. The number of nitrogens with zero attached hydrogens (tertiary/aromatic N) is 2. The second kappa shape index (κ2) is 5.68. The Morgan fingerprint density at radius 3 is 2.69 bits per heavy atom. The van der Waals surface area contributed by atoms with E-state index in [0.29, 0.717) is 0 Å². The summed E-state index contributed by atoms with van der Waals surface area (Å²) in [6, 6.07) is 0. The third-order valence-corrected chi connectivity index (χ3v) is 2.78. The summed E-state index contributed by atoms with van der Waals surface area (Å²) >= 11 is 0. The molecule has 1 aromatic rings. The highest BCUT2D eigenvalue weighted by atomic mass is 15.1. The van der Waals surface area contributed by atoms with Crippen LogP contribution >= 0.6 is 0 Å².